The van der Waals surface area contributed by atoms with Crippen molar-refractivity contribution in [3.63, 3.8) is 0 Å². The third kappa shape index (κ3) is 4.14. The molecule has 3 heteroatoms. The Morgan fingerprint density at radius 2 is 1.40 bits per heavy atom. The van der Waals surface area contributed by atoms with Crippen LogP contribution in [0.5, 0.6) is 0 Å². The molecule has 0 amide bonds. The van der Waals surface area contributed by atoms with Gasteiger partial charge in [0, 0.05) is 27.7 Å². The number of hydrogen-bond acceptors (Lipinski definition) is 3. The van der Waals surface area contributed by atoms with E-state index in [1.165, 1.54) is 76.6 Å². The van der Waals surface area contributed by atoms with E-state index in [0.717, 1.165) is 39.9 Å². The Kier molecular flexibility index (Phi) is 6.36. The molecule has 52 heavy (non-hydrogen) atoms. The third-order valence-corrected chi connectivity index (χ3v) is 12.8. The lowest BCUT2D eigenvalue weighted by Crippen LogP contribution is -2.28. The average Bonchev–Trinajstić information content (AvgIpc) is 3.78. The molecule has 11 rings (SSSR count). The van der Waals surface area contributed by atoms with Crippen molar-refractivity contribution < 1.29 is 4.42 Å². The molecule has 252 valence electrons. The highest BCUT2D eigenvalue weighted by Crippen LogP contribution is 2.60. The lowest BCUT2D eigenvalue weighted by Gasteiger charge is -2.36. The van der Waals surface area contributed by atoms with Crippen LogP contribution in [0.3, 0.4) is 0 Å². The Morgan fingerprint density at radius 3 is 2.25 bits per heavy atom. The first kappa shape index (κ1) is 30.1. The van der Waals surface area contributed by atoms with Crippen LogP contribution in [0.15, 0.2) is 132 Å². The zero-order valence-corrected chi connectivity index (χ0v) is 29.7. The molecule has 1 fully saturated rings. The summed E-state index contributed by atoms with van der Waals surface area (Å²) in [7, 11) is 0. The first-order valence-corrected chi connectivity index (χ1v) is 19.1. The van der Waals surface area contributed by atoms with E-state index in [4.69, 9.17) is 14.4 Å². The van der Waals surface area contributed by atoms with Crippen LogP contribution < -0.4 is 0 Å². The van der Waals surface area contributed by atoms with E-state index in [-0.39, 0.29) is 16.7 Å². The maximum Gasteiger partial charge on any atom is 0.231 e. The maximum atomic E-state index is 6.34. The lowest BCUT2D eigenvalue weighted by atomic mass is 9.67. The summed E-state index contributed by atoms with van der Waals surface area (Å²) >= 11 is 0. The Labute approximate surface area is 304 Å². The van der Waals surface area contributed by atoms with Crippen LogP contribution >= 0.6 is 0 Å². The van der Waals surface area contributed by atoms with Crippen molar-refractivity contribution in [3.05, 3.63) is 161 Å². The van der Waals surface area contributed by atoms with Crippen molar-refractivity contribution in [1.82, 2.24) is 9.97 Å². The van der Waals surface area contributed by atoms with E-state index in [1.807, 2.05) is 18.2 Å². The molecule has 0 aliphatic heterocycles. The van der Waals surface area contributed by atoms with Gasteiger partial charge in [0.2, 0.25) is 5.71 Å². The molecule has 4 aliphatic carbocycles. The van der Waals surface area contributed by atoms with Gasteiger partial charge in [0.05, 0.1) is 11.1 Å². The van der Waals surface area contributed by atoms with Crippen LogP contribution in [0.2, 0.25) is 0 Å². The summed E-state index contributed by atoms with van der Waals surface area (Å²) in [6.07, 6.45) is 14.3. The van der Waals surface area contributed by atoms with E-state index < -0.39 is 0 Å². The summed E-state index contributed by atoms with van der Waals surface area (Å²) < 4.78 is 6.34. The molecule has 1 atom stereocenters. The molecule has 0 saturated heterocycles. The first-order valence-electron chi connectivity index (χ1n) is 19.1. The molecule has 2 aromatic heterocycles. The van der Waals surface area contributed by atoms with Crippen molar-refractivity contribution in [1.29, 1.82) is 0 Å². The van der Waals surface area contributed by atoms with Gasteiger partial charge >= 0.3 is 0 Å². The summed E-state index contributed by atoms with van der Waals surface area (Å²) in [6.45, 7) is 4.84. The largest absolute Gasteiger partial charge is 0.438 e. The van der Waals surface area contributed by atoms with Crippen LogP contribution in [-0.2, 0) is 10.8 Å². The van der Waals surface area contributed by atoms with E-state index in [9.17, 15) is 0 Å². The second-order valence-corrected chi connectivity index (χ2v) is 15.9. The van der Waals surface area contributed by atoms with Gasteiger partial charge in [0.25, 0.3) is 0 Å². The average molecular weight is 673 g/mol. The molecule has 3 nitrogen and oxygen atoms in total. The van der Waals surface area contributed by atoms with Crippen LogP contribution in [-0.4, -0.2) is 9.97 Å². The van der Waals surface area contributed by atoms with E-state index in [0.29, 0.717) is 5.71 Å². The molecule has 0 bridgehead atoms. The normalized spacial score (nSPS) is 19.0. The predicted octanol–water partition coefficient (Wildman–Crippen LogP) is 12.7. The highest BCUT2D eigenvalue weighted by atomic mass is 16.3. The molecular formula is C49H40N2O. The Bertz CT molecular complexity index is 2670. The van der Waals surface area contributed by atoms with Gasteiger partial charge in [-0.2, -0.15) is 4.98 Å². The molecule has 1 unspecified atom stereocenters. The highest BCUT2D eigenvalue weighted by molar-refractivity contribution is 6.10. The number of nitrogens with zero attached hydrogens (tertiary/aromatic N) is 2. The fourth-order valence-corrected chi connectivity index (χ4v) is 10.3. The number of benzene rings is 5. The van der Waals surface area contributed by atoms with Crippen molar-refractivity contribution in [2.45, 2.75) is 69.1 Å². The van der Waals surface area contributed by atoms with Crippen molar-refractivity contribution in [2.75, 3.05) is 0 Å². The minimum Gasteiger partial charge on any atom is -0.438 e. The van der Waals surface area contributed by atoms with Crippen molar-refractivity contribution in [2.24, 2.45) is 0 Å². The van der Waals surface area contributed by atoms with Crippen LogP contribution in [0, 0.1) is 0 Å². The second-order valence-electron chi connectivity index (χ2n) is 15.9. The Morgan fingerprint density at radius 1 is 0.654 bits per heavy atom. The smallest absolute Gasteiger partial charge is 0.231 e. The minimum atomic E-state index is -0.0852. The van der Waals surface area contributed by atoms with Gasteiger partial charge in [-0.25, -0.2) is 4.98 Å². The Hall–Kier alpha value is -5.54. The summed E-state index contributed by atoms with van der Waals surface area (Å²) in [4.78, 5) is 10.3. The van der Waals surface area contributed by atoms with Crippen LogP contribution in [0.1, 0.15) is 91.9 Å². The number of fused-ring (bicyclic) bond motifs is 11. The lowest BCUT2D eigenvalue weighted by molar-refractivity contribution is 0.353. The molecular weight excluding hydrogens is 633 g/mol. The molecule has 0 radical (unpaired) electrons. The van der Waals surface area contributed by atoms with Gasteiger partial charge in [0.1, 0.15) is 11.4 Å². The predicted molar refractivity (Wildman–Crippen MR) is 213 cm³/mol. The SMILES string of the molecule is CC1(C)c2cc3c(cc2-c2c(C4=CCC(c5nc(-c6ccccc6)c6c(n5)oc5ccccc56)C=C4)cccc21)C1(CCCCC1)c1ccccc1-3. The number of allylic oxidation sites excluding steroid dienone is 4. The zero-order valence-electron chi connectivity index (χ0n) is 29.7. The minimum absolute atomic E-state index is 0.0530. The number of aromatic nitrogens is 2. The van der Waals surface area contributed by atoms with Gasteiger partial charge < -0.3 is 4.42 Å². The molecule has 0 N–H and O–H groups in total. The topological polar surface area (TPSA) is 38.9 Å². The quantitative estimate of drug-likeness (QED) is 0.188. The number of furan rings is 1. The maximum absolute atomic E-state index is 6.34. The Balaban J connectivity index is 1.01. The molecule has 2 heterocycles. The highest BCUT2D eigenvalue weighted by Gasteiger charge is 2.46. The molecule has 1 spiro atoms. The molecule has 7 aromatic rings. The molecule has 1 saturated carbocycles. The third-order valence-electron chi connectivity index (χ3n) is 12.8. The zero-order chi connectivity index (χ0) is 34.6. The van der Waals surface area contributed by atoms with Crippen LogP contribution in [0.4, 0.5) is 0 Å². The van der Waals surface area contributed by atoms with Gasteiger partial charge in [-0.05, 0) is 93.1 Å². The van der Waals surface area contributed by atoms with Crippen LogP contribution in [0.25, 0.3) is 61.2 Å². The van der Waals surface area contributed by atoms with Gasteiger partial charge in [-0.15, -0.1) is 0 Å². The first-order chi connectivity index (χ1) is 25.5. The number of rotatable bonds is 3. The number of hydrogen-bond donors (Lipinski definition) is 0. The van der Waals surface area contributed by atoms with E-state index >= 15 is 0 Å². The number of para-hydroxylation sites is 1. The standard InChI is InChI=1S/C49H40N2O/c1-48(2)39-20-13-18-33(43(39)37-29-41-36(28-40(37)48)34-16-7-9-19-38(34)49(41)26-11-4-12-27-49)30-22-24-32(25-23-30)46-50-45(31-14-5-3-6-15-31)44-35-17-8-10-21-42(35)52-47(44)51-46/h3,5-10,13-24,28-29,32H,4,11-12,25-27H2,1-2H3. The summed E-state index contributed by atoms with van der Waals surface area (Å²) in [5, 5.41) is 2.03. The van der Waals surface area contributed by atoms with Gasteiger partial charge in [-0.3, -0.25) is 0 Å². The second kappa shape index (κ2) is 11.0. The monoisotopic (exact) mass is 672 g/mol. The fraction of sp³-hybridized carbons (Fsp3) is 0.224. The summed E-state index contributed by atoms with van der Waals surface area (Å²) in [6, 6.07) is 40.1. The summed E-state index contributed by atoms with van der Waals surface area (Å²) in [5.41, 5.74) is 17.9. The summed E-state index contributed by atoms with van der Waals surface area (Å²) in [5.74, 6) is 0.854. The van der Waals surface area contributed by atoms with E-state index in [2.05, 4.69) is 123 Å². The fourth-order valence-electron chi connectivity index (χ4n) is 10.3. The van der Waals surface area contributed by atoms with E-state index in [1.54, 1.807) is 11.1 Å². The van der Waals surface area contributed by atoms with Gasteiger partial charge in [0.15, 0.2) is 0 Å². The molecule has 5 aromatic carbocycles. The van der Waals surface area contributed by atoms with Crippen molar-refractivity contribution >= 4 is 27.6 Å². The van der Waals surface area contributed by atoms with Crippen molar-refractivity contribution in [3.8, 4) is 33.5 Å². The van der Waals surface area contributed by atoms with Gasteiger partial charge in [-0.1, -0.05) is 142 Å². The molecule has 4 aliphatic rings.